The van der Waals surface area contributed by atoms with Crippen molar-refractivity contribution < 1.29 is 4.79 Å². The Kier molecular flexibility index (Phi) is 5.27. The van der Waals surface area contributed by atoms with Gasteiger partial charge in [0.1, 0.15) is 0 Å². The van der Waals surface area contributed by atoms with Gasteiger partial charge < -0.3 is 0 Å². The fraction of sp³-hybridized carbons (Fsp3) is 0.462. The fourth-order valence-corrected chi connectivity index (χ4v) is 3.97. The maximum absolute atomic E-state index is 11.4. The van der Waals surface area contributed by atoms with Crippen molar-refractivity contribution in [1.29, 1.82) is 0 Å². The number of hydrogen-bond donors (Lipinski definition) is 2. The van der Waals surface area contributed by atoms with Crippen molar-refractivity contribution in [2.24, 2.45) is 5.84 Å². The molecule has 1 aromatic rings. The standard InChI is InChI=1S/C13H18BrN3OS/c1-17(11-4-5-19-8-11)7-10-3-2-9(6-12(10)14)13(18)16-15/h2-3,6,11H,4-5,7-8,15H2,1H3,(H,16,18). The van der Waals surface area contributed by atoms with Gasteiger partial charge in [0.15, 0.2) is 0 Å². The molecule has 3 N–H and O–H groups in total. The van der Waals surface area contributed by atoms with E-state index >= 15 is 0 Å². The molecule has 0 aliphatic carbocycles. The van der Waals surface area contributed by atoms with Gasteiger partial charge in [-0.3, -0.25) is 15.1 Å². The van der Waals surface area contributed by atoms with Crippen LogP contribution >= 0.6 is 27.7 Å². The van der Waals surface area contributed by atoms with E-state index in [1.165, 1.54) is 23.5 Å². The van der Waals surface area contributed by atoms with E-state index in [2.05, 4.69) is 33.3 Å². The van der Waals surface area contributed by atoms with E-state index in [1.807, 2.05) is 23.9 Å². The average Bonchev–Trinajstić information content (AvgIpc) is 2.94. The summed E-state index contributed by atoms with van der Waals surface area (Å²) in [7, 11) is 2.16. The number of nitrogen functional groups attached to an aromatic ring is 1. The molecule has 4 nitrogen and oxygen atoms in total. The van der Waals surface area contributed by atoms with E-state index in [0.29, 0.717) is 11.6 Å². The zero-order valence-corrected chi connectivity index (χ0v) is 13.3. The Labute approximate surface area is 126 Å². The maximum atomic E-state index is 11.4. The zero-order valence-electron chi connectivity index (χ0n) is 10.9. The molecule has 0 spiro atoms. The second-order valence-electron chi connectivity index (χ2n) is 4.71. The Morgan fingerprint density at radius 2 is 2.42 bits per heavy atom. The third-order valence-corrected chi connectivity index (χ3v) is 5.28. The highest BCUT2D eigenvalue weighted by molar-refractivity contribution is 9.10. The number of thioether (sulfide) groups is 1. The summed E-state index contributed by atoms with van der Waals surface area (Å²) in [5.74, 6) is 7.33. The van der Waals surface area contributed by atoms with E-state index in [-0.39, 0.29) is 5.91 Å². The molecule has 0 saturated carbocycles. The molecule has 0 bridgehead atoms. The monoisotopic (exact) mass is 343 g/mol. The van der Waals surface area contributed by atoms with Crippen molar-refractivity contribution >= 4 is 33.6 Å². The summed E-state index contributed by atoms with van der Waals surface area (Å²) in [6.45, 7) is 0.885. The molecule has 1 amide bonds. The molecule has 104 valence electrons. The van der Waals surface area contributed by atoms with Crippen molar-refractivity contribution in [2.75, 3.05) is 18.6 Å². The summed E-state index contributed by atoms with van der Waals surface area (Å²) in [4.78, 5) is 13.8. The van der Waals surface area contributed by atoms with Crippen LogP contribution in [0.15, 0.2) is 22.7 Å². The lowest BCUT2D eigenvalue weighted by molar-refractivity contribution is 0.0953. The van der Waals surface area contributed by atoms with E-state index in [0.717, 1.165) is 11.0 Å². The van der Waals surface area contributed by atoms with Crippen molar-refractivity contribution in [3.05, 3.63) is 33.8 Å². The normalized spacial score (nSPS) is 18.8. The molecule has 0 aromatic heterocycles. The first-order valence-electron chi connectivity index (χ1n) is 6.19. The van der Waals surface area contributed by atoms with Crippen molar-refractivity contribution in [2.45, 2.75) is 19.0 Å². The summed E-state index contributed by atoms with van der Waals surface area (Å²) < 4.78 is 0.950. The summed E-state index contributed by atoms with van der Waals surface area (Å²) in [5, 5.41) is 0. The number of nitrogens with zero attached hydrogens (tertiary/aromatic N) is 1. The largest absolute Gasteiger partial charge is 0.298 e. The molecule has 1 atom stereocenters. The third-order valence-electron chi connectivity index (χ3n) is 3.40. The minimum Gasteiger partial charge on any atom is -0.298 e. The van der Waals surface area contributed by atoms with Crippen molar-refractivity contribution in [3.63, 3.8) is 0 Å². The Balaban J connectivity index is 2.06. The molecule has 1 unspecified atom stereocenters. The molecular formula is C13H18BrN3OS. The maximum Gasteiger partial charge on any atom is 0.265 e. The van der Waals surface area contributed by atoms with Crippen molar-refractivity contribution in [3.8, 4) is 0 Å². The Morgan fingerprint density at radius 1 is 1.63 bits per heavy atom. The SMILES string of the molecule is CN(Cc1ccc(C(=O)NN)cc1Br)C1CCSC1. The highest BCUT2D eigenvalue weighted by atomic mass is 79.9. The number of benzene rings is 1. The van der Waals surface area contributed by atoms with Crippen LogP contribution in [-0.4, -0.2) is 35.4 Å². The number of amides is 1. The number of nitrogens with two attached hydrogens (primary N) is 1. The molecule has 19 heavy (non-hydrogen) atoms. The topological polar surface area (TPSA) is 58.4 Å². The Hall–Kier alpha value is -0.560. The number of carbonyl (C=O) groups is 1. The van der Waals surface area contributed by atoms with Gasteiger partial charge in [-0.15, -0.1) is 0 Å². The van der Waals surface area contributed by atoms with Crippen LogP contribution < -0.4 is 11.3 Å². The molecule has 1 aliphatic rings. The van der Waals surface area contributed by atoms with E-state index in [4.69, 9.17) is 5.84 Å². The van der Waals surface area contributed by atoms with E-state index < -0.39 is 0 Å². The molecule has 0 radical (unpaired) electrons. The van der Waals surface area contributed by atoms with Gasteiger partial charge in [-0.1, -0.05) is 22.0 Å². The summed E-state index contributed by atoms with van der Waals surface area (Å²) >= 11 is 5.54. The van der Waals surface area contributed by atoms with Crippen LogP contribution in [0.1, 0.15) is 22.3 Å². The van der Waals surface area contributed by atoms with Gasteiger partial charge in [-0.2, -0.15) is 11.8 Å². The lowest BCUT2D eigenvalue weighted by Crippen LogP contribution is -2.31. The molecule has 1 saturated heterocycles. The summed E-state index contributed by atoms with van der Waals surface area (Å²) in [5.41, 5.74) is 3.90. The number of hydrogen-bond acceptors (Lipinski definition) is 4. The van der Waals surface area contributed by atoms with Gasteiger partial charge >= 0.3 is 0 Å². The molecule has 6 heteroatoms. The van der Waals surface area contributed by atoms with Gasteiger partial charge in [0.05, 0.1) is 0 Å². The van der Waals surface area contributed by atoms with Gasteiger partial charge in [0.25, 0.3) is 5.91 Å². The quantitative estimate of drug-likeness (QED) is 0.498. The van der Waals surface area contributed by atoms with Gasteiger partial charge in [-0.05, 0) is 36.9 Å². The molecule has 1 heterocycles. The van der Waals surface area contributed by atoms with Gasteiger partial charge in [0, 0.05) is 28.4 Å². The number of halogens is 1. The van der Waals surface area contributed by atoms with Gasteiger partial charge in [0.2, 0.25) is 0 Å². The molecule has 2 rings (SSSR count). The average molecular weight is 344 g/mol. The lowest BCUT2D eigenvalue weighted by Gasteiger charge is -2.24. The lowest BCUT2D eigenvalue weighted by atomic mass is 10.1. The van der Waals surface area contributed by atoms with Crippen LogP contribution in [0.4, 0.5) is 0 Å². The van der Waals surface area contributed by atoms with Crippen LogP contribution in [0, 0.1) is 0 Å². The minimum atomic E-state index is -0.271. The predicted molar refractivity (Wildman–Crippen MR) is 83.0 cm³/mol. The minimum absolute atomic E-state index is 0.271. The van der Waals surface area contributed by atoms with Crippen LogP contribution in [0.25, 0.3) is 0 Å². The van der Waals surface area contributed by atoms with E-state index in [9.17, 15) is 4.79 Å². The number of hydrazine groups is 1. The number of rotatable bonds is 4. The summed E-state index contributed by atoms with van der Waals surface area (Å²) in [6, 6.07) is 6.26. The van der Waals surface area contributed by atoms with Crippen LogP contribution in [0.2, 0.25) is 0 Å². The molecule has 1 aliphatic heterocycles. The van der Waals surface area contributed by atoms with E-state index in [1.54, 1.807) is 6.07 Å². The Bertz CT molecular complexity index is 463. The highest BCUT2D eigenvalue weighted by Gasteiger charge is 2.20. The third kappa shape index (κ3) is 3.72. The first kappa shape index (κ1) is 14.8. The highest BCUT2D eigenvalue weighted by Crippen LogP contribution is 2.25. The van der Waals surface area contributed by atoms with Crippen molar-refractivity contribution in [1.82, 2.24) is 10.3 Å². The fourth-order valence-electron chi connectivity index (χ4n) is 2.17. The first-order chi connectivity index (χ1) is 9.11. The van der Waals surface area contributed by atoms with Crippen LogP contribution in [0.3, 0.4) is 0 Å². The zero-order chi connectivity index (χ0) is 13.8. The van der Waals surface area contributed by atoms with Crippen LogP contribution in [0.5, 0.6) is 0 Å². The number of carbonyl (C=O) groups excluding carboxylic acids is 1. The van der Waals surface area contributed by atoms with Gasteiger partial charge in [-0.25, -0.2) is 5.84 Å². The molecule has 1 fully saturated rings. The second kappa shape index (κ2) is 6.74. The molecule has 1 aromatic carbocycles. The Morgan fingerprint density at radius 3 is 3.00 bits per heavy atom. The predicted octanol–water partition coefficient (Wildman–Crippen LogP) is 1.99. The summed E-state index contributed by atoms with van der Waals surface area (Å²) in [6.07, 6.45) is 1.26. The smallest absolute Gasteiger partial charge is 0.265 e. The van der Waals surface area contributed by atoms with Crippen LogP contribution in [-0.2, 0) is 6.54 Å². The number of nitrogens with one attached hydrogen (secondary N) is 1. The first-order valence-corrected chi connectivity index (χ1v) is 8.14. The molecular weight excluding hydrogens is 326 g/mol. The second-order valence-corrected chi connectivity index (χ2v) is 6.72.